The van der Waals surface area contributed by atoms with Crippen molar-refractivity contribution < 1.29 is 9.18 Å². The number of anilines is 1. The van der Waals surface area contributed by atoms with E-state index in [0.29, 0.717) is 0 Å². The predicted molar refractivity (Wildman–Crippen MR) is 50.9 cm³/mol. The van der Waals surface area contributed by atoms with Gasteiger partial charge in [0.25, 0.3) is 0 Å². The summed E-state index contributed by atoms with van der Waals surface area (Å²) in [4.78, 5) is 11.1. The van der Waals surface area contributed by atoms with Gasteiger partial charge in [0.15, 0.2) is 11.6 Å². The summed E-state index contributed by atoms with van der Waals surface area (Å²) in [6.45, 7) is 0. The molecule has 0 unspecified atom stereocenters. The van der Waals surface area contributed by atoms with E-state index >= 15 is 0 Å². The number of benzene rings is 1. The minimum Gasteiger partial charge on any atom is -0.399 e. The lowest BCUT2D eigenvalue weighted by atomic mass is 10.1. The van der Waals surface area contributed by atoms with Crippen LogP contribution in [-0.2, 0) is 0 Å². The molecule has 0 saturated heterocycles. The Morgan fingerprint density at radius 2 is 2.15 bits per heavy atom. The molecular formula is C8H6Cl2FNO. The van der Waals surface area contributed by atoms with Crippen LogP contribution in [0.15, 0.2) is 12.1 Å². The van der Waals surface area contributed by atoms with Crippen molar-refractivity contribution in [2.75, 3.05) is 11.6 Å². The lowest BCUT2D eigenvalue weighted by Gasteiger charge is -2.03. The number of carbonyl (C=O) groups excluding carboxylic acids is 1. The van der Waals surface area contributed by atoms with E-state index in [0.717, 1.165) is 0 Å². The summed E-state index contributed by atoms with van der Waals surface area (Å²) in [5.41, 5.74) is 5.44. The molecule has 0 radical (unpaired) electrons. The smallest absolute Gasteiger partial charge is 0.180 e. The van der Waals surface area contributed by atoms with Crippen LogP contribution in [0.1, 0.15) is 10.4 Å². The average Bonchev–Trinajstić information content (AvgIpc) is 2.10. The Morgan fingerprint density at radius 3 is 2.69 bits per heavy atom. The van der Waals surface area contributed by atoms with Crippen LogP contribution >= 0.6 is 23.2 Å². The fourth-order valence-electron chi connectivity index (χ4n) is 0.885. The molecule has 1 aromatic carbocycles. The number of nitrogen functional groups attached to an aromatic ring is 1. The Hall–Kier alpha value is -0.800. The molecule has 0 fully saturated rings. The van der Waals surface area contributed by atoms with E-state index in [2.05, 4.69) is 0 Å². The number of alkyl halides is 1. The maximum atomic E-state index is 13.2. The largest absolute Gasteiger partial charge is 0.399 e. The van der Waals surface area contributed by atoms with Crippen molar-refractivity contribution >= 4 is 34.7 Å². The van der Waals surface area contributed by atoms with Crippen LogP contribution in [-0.4, -0.2) is 11.7 Å². The van der Waals surface area contributed by atoms with Gasteiger partial charge in [-0.15, -0.1) is 11.6 Å². The summed E-state index contributed by atoms with van der Waals surface area (Å²) in [6, 6.07) is 2.45. The van der Waals surface area contributed by atoms with Crippen molar-refractivity contribution in [1.82, 2.24) is 0 Å². The Labute approximate surface area is 84.4 Å². The van der Waals surface area contributed by atoms with Crippen molar-refractivity contribution in [3.8, 4) is 0 Å². The molecule has 1 rings (SSSR count). The number of hydrogen-bond acceptors (Lipinski definition) is 2. The molecule has 2 nitrogen and oxygen atoms in total. The van der Waals surface area contributed by atoms with E-state index in [1.54, 1.807) is 0 Å². The van der Waals surface area contributed by atoms with E-state index in [-0.39, 0.29) is 22.2 Å². The normalized spacial score (nSPS) is 10.1. The van der Waals surface area contributed by atoms with Gasteiger partial charge in [-0.3, -0.25) is 4.79 Å². The fourth-order valence-corrected chi connectivity index (χ4v) is 1.26. The van der Waals surface area contributed by atoms with Gasteiger partial charge in [-0.25, -0.2) is 4.39 Å². The number of rotatable bonds is 2. The molecule has 0 aromatic heterocycles. The quantitative estimate of drug-likeness (QED) is 0.474. The zero-order chi connectivity index (χ0) is 10.0. The predicted octanol–water partition coefficient (Wildman–Crippen LogP) is 2.48. The van der Waals surface area contributed by atoms with Gasteiger partial charge < -0.3 is 5.73 Å². The molecule has 0 spiro atoms. The Morgan fingerprint density at radius 1 is 1.54 bits per heavy atom. The Kier molecular flexibility index (Phi) is 3.12. The van der Waals surface area contributed by atoms with Gasteiger partial charge in [-0.2, -0.15) is 0 Å². The molecule has 0 aliphatic rings. The van der Waals surface area contributed by atoms with E-state index in [1.807, 2.05) is 0 Å². The first-order valence-electron chi connectivity index (χ1n) is 3.40. The molecule has 13 heavy (non-hydrogen) atoms. The summed E-state index contributed by atoms with van der Waals surface area (Å²) in [5.74, 6) is -1.61. The summed E-state index contributed by atoms with van der Waals surface area (Å²) in [6.07, 6.45) is 0. The molecule has 70 valence electrons. The second-order valence-electron chi connectivity index (χ2n) is 2.42. The molecule has 0 saturated carbocycles. The summed E-state index contributed by atoms with van der Waals surface area (Å²) < 4.78 is 13.2. The molecule has 0 amide bonds. The van der Waals surface area contributed by atoms with Crippen molar-refractivity contribution in [1.29, 1.82) is 0 Å². The van der Waals surface area contributed by atoms with E-state index < -0.39 is 11.6 Å². The van der Waals surface area contributed by atoms with Crippen LogP contribution < -0.4 is 5.73 Å². The summed E-state index contributed by atoms with van der Waals surface area (Å²) >= 11 is 10.7. The highest BCUT2D eigenvalue weighted by Gasteiger charge is 2.14. The van der Waals surface area contributed by atoms with E-state index in [4.69, 9.17) is 28.9 Å². The summed E-state index contributed by atoms with van der Waals surface area (Å²) in [7, 11) is 0. The third-order valence-electron chi connectivity index (χ3n) is 1.47. The number of ketones is 1. The first-order chi connectivity index (χ1) is 6.06. The highest BCUT2D eigenvalue weighted by molar-refractivity contribution is 6.33. The van der Waals surface area contributed by atoms with Crippen LogP contribution in [0.4, 0.5) is 10.1 Å². The lowest BCUT2D eigenvalue weighted by Crippen LogP contribution is -2.05. The second-order valence-corrected chi connectivity index (χ2v) is 3.10. The monoisotopic (exact) mass is 221 g/mol. The van der Waals surface area contributed by atoms with Crippen molar-refractivity contribution in [3.63, 3.8) is 0 Å². The average molecular weight is 222 g/mol. The van der Waals surface area contributed by atoms with Crippen LogP contribution in [0.5, 0.6) is 0 Å². The van der Waals surface area contributed by atoms with Crippen LogP contribution in [0.3, 0.4) is 0 Å². The first kappa shape index (κ1) is 10.3. The van der Waals surface area contributed by atoms with Crippen molar-refractivity contribution in [2.45, 2.75) is 0 Å². The molecule has 1 aromatic rings. The lowest BCUT2D eigenvalue weighted by molar-refractivity contribution is 0.101. The third-order valence-corrected chi connectivity index (χ3v) is 1.99. The summed E-state index contributed by atoms with van der Waals surface area (Å²) in [5, 5.41) is -0.173. The molecule has 5 heteroatoms. The molecular weight excluding hydrogens is 216 g/mol. The fraction of sp³-hybridized carbons (Fsp3) is 0.125. The highest BCUT2D eigenvalue weighted by Crippen LogP contribution is 2.22. The number of halogens is 3. The van der Waals surface area contributed by atoms with Crippen LogP contribution in [0.2, 0.25) is 5.02 Å². The van der Waals surface area contributed by atoms with Gasteiger partial charge in [0.05, 0.1) is 16.5 Å². The van der Waals surface area contributed by atoms with Crippen molar-refractivity contribution in [3.05, 3.63) is 28.5 Å². The topological polar surface area (TPSA) is 43.1 Å². The Balaban J connectivity index is 3.28. The van der Waals surface area contributed by atoms with Gasteiger partial charge in [0.2, 0.25) is 0 Å². The number of nitrogens with two attached hydrogens (primary N) is 1. The van der Waals surface area contributed by atoms with Crippen LogP contribution in [0.25, 0.3) is 0 Å². The van der Waals surface area contributed by atoms with Crippen molar-refractivity contribution in [2.24, 2.45) is 0 Å². The highest BCUT2D eigenvalue weighted by atomic mass is 35.5. The van der Waals surface area contributed by atoms with Gasteiger partial charge in [0.1, 0.15) is 0 Å². The molecule has 2 N–H and O–H groups in total. The van der Waals surface area contributed by atoms with Gasteiger partial charge >= 0.3 is 0 Å². The standard InChI is InChI=1S/C8H6Cl2FNO/c9-3-7(13)5-1-4(12)2-6(10)8(5)11/h1-2H,3,12H2. The zero-order valence-corrected chi connectivity index (χ0v) is 7.99. The molecule has 0 aliphatic carbocycles. The number of Topliss-reactive ketones (excluding diaryl/α,β-unsaturated/α-hetero) is 1. The Bertz CT molecular complexity index is 354. The van der Waals surface area contributed by atoms with Gasteiger partial charge in [-0.05, 0) is 12.1 Å². The van der Waals surface area contributed by atoms with Crippen LogP contribution in [0, 0.1) is 5.82 Å². The minimum atomic E-state index is -0.776. The second kappa shape index (κ2) is 3.94. The first-order valence-corrected chi connectivity index (χ1v) is 4.31. The maximum Gasteiger partial charge on any atom is 0.180 e. The number of carbonyl (C=O) groups is 1. The van der Waals surface area contributed by atoms with E-state index in [1.165, 1.54) is 12.1 Å². The maximum absolute atomic E-state index is 13.2. The molecule has 0 bridgehead atoms. The van der Waals surface area contributed by atoms with E-state index in [9.17, 15) is 9.18 Å². The minimum absolute atomic E-state index is 0.167. The SMILES string of the molecule is Nc1cc(Cl)c(F)c(C(=O)CCl)c1. The van der Waals surface area contributed by atoms with Gasteiger partial charge in [0, 0.05) is 5.69 Å². The third kappa shape index (κ3) is 2.11. The number of hydrogen-bond donors (Lipinski definition) is 1. The van der Waals surface area contributed by atoms with Gasteiger partial charge in [-0.1, -0.05) is 11.6 Å². The molecule has 0 aliphatic heterocycles. The molecule has 0 atom stereocenters. The molecule has 0 heterocycles. The zero-order valence-electron chi connectivity index (χ0n) is 6.48.